The van der Waals surface area contributed by atoms with Crippen LogP contribution in [0.15, 0.2) is 24.3 Å². The van der Waals surface area contributed by atoms with Crippen LogP contribution in [0.3, 0.4) is 0 Å². The first-order chi connectivity index (χ1) is 10.1. The third-order valence-corrected chi connectivity index (χ3v) is 4.10. The van der Waals surface area contributed by atoms with E-state index in [9.17, 15) is 9.59 Å². The molecule has 21 heavy (non-hydrogen) atoms. The molecule has 4 heteroatoms. The molecule has 1 aromatic rings. The predicted octanol–water partition coefficient (Wildman–Crippen LogP) is 2.64. The molecule has 0 saturated carbocycles. The van der Waals surface area contributed by atoms with Crippen LogP contribution in [0.1, 0.15) is 36.8 Å². The zero-order valence-electron chi connectivity index (χ0n) is 12.5. The maximum atomic E-state index is 12.1. The summed E-state index contributed by atoms with van der Waals surface area (Å²) < 4.78 is 0. The third kappa shape index (κ3) is 4.59. The highest BCUT2D eigenvalue weighted by atomic mass is 16.4. The molecule has 1 N–H and O–H groups in total. The highest BCUT2D eigenvalue weighted by Gasteiger charge is 2.27. The van der Waals surface area contributed by atoms with E-state index in [-0.39, 0.29) is 11.8 Å². The Balaban J connectivity index is 1.76. The van der Waals surface area contributed by atoms with Gasteiger partial charge in [0.25, 0.3) is 0 Å². The number of carboxylic acid groups (broad SMARTS) is 1. The molecule has 1 saturated heterocycles. The minimum atomic E-state index is -0.785. The molecule has 1 aliphatic rings. The van der Waals surface area contributed by atoms with Crippen molar-refractivity contribution in [2.75, 3.05) is 13.1 Å². The van der Waals surface area contributed by atoms with Crippen LogP contribution in [0.25, 0.3) is 0 Å². The van der Waals surface area contributed by atoms with Crippen LogP contribution in [-0.2, 0) is 16.0 Å². The number of nitrogens with zero attached hydrogens (tertiary/aromatic N) is 1. The second-order valence-corrected chi connectivity index (χ2v) is 5.86. The summed E-state index contributed by atoms with van der Waals surface area (Å²) in [6, 6.07) is 8.36. The smallest absolute Gasteiger partial charge is 0.308 e. The van der Waals surface area contributed by atoms with Crippen molar-refractivity contribution >= 4 is 11.9 Å². The van der Waals surface area contributed by atoms with E-state index in [0.717, 1.165) is 19.3 Å². The third-order valence-electron chi connectivity index (χ3n) is 4.10. The molecule has 4 nitrogen and oxygen atoms in total. The molecule has 0 aromatic heterocycles. The Bertz CT molecular complexity index is 495. The lowest BCUT2D eigenvalue weighted by atomic mass is 9.97. The van der Waals surface area contributed by atoms with E-state index in [2.05, 4.69) is 31.2 Å². The Hall–Kier alpha value is -1.84. The van der Waals surface area contributed by atoms with Crippen LogP contribution in [0, 0.1) is 12.8 Å². The fourth-order valence-corrected chi connectivity index (χ4v) is 2.76. The molecule has 114 valence electrons. The molecule has 1 amide bonds. The van der Waals surface area contributed by atoms with Gasteiger partial charge in [0, 0.05) is 19.5 Å². The monoisotopic (exact) mass is 289 g/mol. The Morgan fingerprint density at radius 1 is 1.29 bits per heavy atom. The highest BCUT2D eigenvalue weighted by Crippen LogP contribution is 2.18. The molecule has 1 aliphatic heterocycles. The van der Waals surface area contributed by atoms with Gasteiger partial charge in [-0.05, 0) is 38.2 Å². The molecular formula is C17H23NO3. The quantitative estimate of drug-likeness (QED) is 0.906. The summed E-state index contributed by atoms with van der Waals surface area (Å²) in [4.78, 5) is 24.9. The van der Waals surface area contributed by atoms with Gasteiger partial charge in [-0.25, -0.2) is 0 Å². The zero-order chi connectivity index (χ0) is 15.2. The van der Waals surface area contributed by atoms with E-state index in [0.29, 0.717) is 25.9 Å². The number of amides is 1. The number of rotatable bonds is 5. The average Bonchev–Trinajstić information content (AvgIpc) is 2.49. The van der Waals surface area contributed by atoms with Gasteiger partial charge in [0.2, 0.25) is 5.91 Å². The number of hydrogen-bond donors (Lipinski definition) is 1. The highest BCUT2D eigenvalue weighted by molar-refractivity contribution is 5.78. The first-order valence-corrected chi connectivity index (χ1v) is 7.62. The Labute approximate surface area is 125 Å². The molecule has 1 atom stereocenters. The second-order valence-electron chi connectivity index (χ2n) is 5.86. The van der Waals surface area contributed by atoms with Gasteiger partial charge >= 0.3 is 5.97 Å². The van der Waals surface area contributed by atoms with Gasteiger partial charge in [-0.2, -0.15) is 0 Å². The van der Waals surface area contributed by atoms with Crippen LogP contribution in [0.4, 0.5) is 0 Å². The maximum absolute atomic E-state index is 12.1. The van der Waals surface area contributed by atoms with Gasteiger partial charge in [-0.3, -0.25) is 9.59 Å². The lowest BCUT2D eigenvalue weighted by Gasteiger charge is -2.30. The fourth-order valence-electron chi connectivity index (χ4n) is 2.76. The van der Waals surface area contributed by atoms with Gasteiger partial charge in [-0.1, -0.05) is 29.8 Å². The van der Waals surface area contributed by atoms with Crippen LogP contribution in [-0.4, -0.2) is 35.0 Å². The lowest BCUT2D eigenvalue weighted by Crippen LogP contribution is -2.42. The lowest BCUT2D eigenvalue weighted by molar-refractivity contribution is -0.145. The minimum Gasteiger partial charge on any atom is -0.481 e. The molecule has 0 unspecified atom stereocenters. The summed E-state index contributed by atoms with van der Waals surface area (Å²) in [5.74, 6) is -1.08. The van der Waals surface area contributed by atoms with Crippen LogP contribution in [0.2, 0.25) is 0 Å². The van der Waals surface area contributed by atoms with Crippen molar-refractivity contribution < 1.29 is 14.7 Å². The number of aliphatic carboxylic acids is 1. The van der Waals surface area contributed by atoms with Gasteiger partial charge in [0.1, 0.15) is 0 Å². The normalized spacial score (nSPS) is 18.5. The Morgan fingerprint density at radius 2 is 2.00 bits per heavy atom. The number of carbonyl (C=O) groups excluding carboxylic acids is 1. The summed E-state index contributed by atoms with van der Waals surface area (Å²) in [5.41, 5.74) is 2.48. The number of aryl methyl sites for hydroxylation is 2. The van der Waals surface area contributed by atoms with Crippen molar-refractivity contribution in [1.82, 2.24) is 4.90 Å². The fraction of sp³-hybridized carbons (Fsp3) is 0.529. The van der Waals surface area contributed by atoms with E-state index in [1.54, 1.807) is 4.90 Å². The number of carbonyl (C=O) groups is 2. The van der Waals surface area contributed by atoms with Crippen molar-refractivity contribution in [1.29, 1.82) is 0 Å². The molecule has 1 fully saturated rings. The molecule has 0 aliphatic carbocycles. The van der Waals surface area contributed by atoms with Crippen molar-refractivity contribution in [3.63, 3.8) is 0 Å². The van der Waals surface area contributed by atoms with E-state index in [1.807, 2.05) is 0 Å². The number of carboxylic acids is 1. The molecule has 2 rings (SSSR count). The zero-order valence-corrected chi connectivity index (χ0v) is 12.5. The summed E-state index contributed by atoms with van der Waals surface area (Å²) in [5, 5.41) is 9.05. The average molecular weight is 289 g/mol. The Kier molecular flexibility index (Phi) is 5.37. The number of likely N-dealkylation sites (tertiary alicyclic amines) is 1. The summed E-state index contributed by atoms with van der Waals surface area (Å²) in [6.07, 6.45) is 3.68. The molecular weight excluding hydrogens is 266 g/mol. The van der Waals surface area contributed by atoms with Gasteiger partial charge in [0.15, 0.2) is 0 Å². The number of piperidine rings is 1. The molecule has 1 heterocycles. The minimum absolute atomic E-state index is 0.0908. The van der Waals surface area contributed by atoms with Crippen LogP contribution >= 0.6 is 0 Å². The van der Waals surface area contributed by atoms with E-state index in [1.165, 1.54) is 11.1 Å². The molecule has 0 radical (unpaired) electrons. The summed E-state index contributed by atoms with van der Waals surface area (Å²) >= 11 is 0. The summed E-state index contributed by atoms with van der Waals surface area (Å²) in [7, 11) is 0. The SMILES string of the molecule is Cc1ccc(CCCC(=O)N2CCC[C@H](C(=O)O)C2)cc1. The predicted molar refractivity (Wildman–Crippen MR) is 81.1 cm³/mol. The number of hydrogen-bond acceptors (Lipinski definition) is 2. The second kappa shape index (κ2) is 7.25. The largest absolute Gasteiger partial charge is 0.481 e. The van der Waals surface area contributed by atoms with Gasteiger partial charge in [0.05, 0.1) is 5.92 Å². The van der Waals surface area contributed by atoms with Gasteiger partial charge in [-0.15, -0.1) is 0 Å². The van der Waals surface area contributed by atoms with E-state index in [4.69, 9.17) is 5.11 Å². The molecule has 0 spiro atoms. The van der Waals surface area contributed by atoms with E-state index >= 15 is 0 Å². The van der Waals surface area contributed by atoms with E-state index < -0.39 is 5.97 Å². The van der Waals surface area contributed by atoms with Crippen molar-refractivity contribution in [3.05, 3.63) is 35.4 Å². The topological polar surface area (TPSA) is 57.6 Å². The molecule has 1 aromatic carbocycles. The first-order valence-electron chi connectivity index (χ1n) is 7.62. The maximum Gasteiger partial charge on any atom is 0.308 e. The van der Waals surface area contributed by atoms with Gasteiger partial charge < -0.3 is 10.0 Å². The van der Waals surface area contributed by atoms with Crippen LogP contribution < -0.4 is 0 Å². The van der Waals surface area contributed by atoms with Crippen LogP contribution in [0.5, 0.6) is 0 Å². The summed E-state index contributed by atoms with van der Waals surface area (Å²) in [6.45, 7) is 3.13. The first kappa shape index (κ1) is 15.5. The van der Waals surface area contributed by atoms with Crippen molar-refractivity contribution in [3.8, 4) is 0 Å². The molecule has 0 bridgehead atoms. The van der Waals surface area contributed by atoms with Crippen molar-refractivity contribution in [2.24, 2.45) is 5.92 Å². The Morgan fingerprint density at radius 3 is 2.67 bits per heavy atom. The standard InChI is InChI=1S/C17H23NO3/c1-13-7-9-14(10-8-13)4-2-6-16(19)18-11-3-5-15(12-18)17(20)21/h7-10,15H,2-6,11-12H2,1H3,(H,20,21)/t15-/m0/s1. The number of benzene rings is 1. The van der Waals surface area contributed by atoms with Crippen molar-refractivity contribution in [2.45, 2.75) is 39.0 Å².